The van der Waals surface area contributed by atoms with Gasteiger partial charge in [0.25, 0.3) is 11.8 Å². The second-order valence-electron chi connectivity index (χ2n) is 4.99. The van der Waals surface area contributed by atoms with E-state index in [2.05, 4.69) is 36.4 Å². The lowest BCUT2D eigenvalue weighted by Crippen LogP contribution is -2.01. The Morgan fingerprint density at radius 3 is 2.78 bits per heavy atom. The molecule has 0 aliphatic carbocycles. The van der Waals surface area contributed by atoms with Crippen LogP contribution in [0.15, 0.2) is 63.9 Å². The zero-order valence-electron chi connectivity index (χ0n) is 12.0. The highest BCUT2D eigenvalue weighted by molar-refractivity contribution is 9.10. The molecule has 0 saturated heterocycles. The van der Waals surface area contributed by atoms with E-state index in [0.29, 0.717) is 18.4 Å². The first kappa shape index (κ1) is 14.0. The molecule has 4 aromatic rings. The summed E-state index contributed by atoms with van der Waals surface area (Å²) < 4.78 is 8.23. The molecule has 0 unspecified atom stereocenters. The van der Waals surface area contributed by atoms with Crippen LogP contribution in [-0.2, 0) is 6.54 Å². The number of imidazole rings is 1. The number of aromatic nitrogens is 4. The Kier molecular flexibility index (Phi) is 3.55. The fourth-order valence-electron chi connectivity index (χ4n) is 2.27. The van der Waals surface area contributed by atoms with Gasteiger partial charge in [-0.1, -0.05) is 18.2 Å². The molecule has 0 saturated carbocycles. The van der Waals surface area contributed by atoms with E-state index in [1.54, 1.807) is 0 Å². The molecule has 1 aromatic carbocycles. The van der Waals surface area contributed by atoms with Gasteiger partial charge in [-0.3, -0.25) is 0 Å². The van der Waals surface area contributed by atoms with Crippen molar-refractivity contribution < 1.29 is 4.52 Å². The summed E-state index contributed by atoms with van der Waals surface area (Å²) >= 11 is 3.45. The van der Waals surface area contributed by atoms with Gasteiger partial charge in [-0.15, -0.1) is 0 Å². The number of anilines is 1. The van der Waals surface area contributed by atoms with Crippen LogP contribution in [0.5, 0.6) is 0 Å². The highest BCUT2D eigenvalue weighted by Crippen LogP contribution is 2.18. The molecule has 0 amide bonds. The van der Waals surface area contributed by atoms with Crippen molar-refractivity contribution in [1.82, 2.24) is 19.5 Å². The topological polar surface area (TPSA) is 68.2 Å². The van der Waals surface area contributed by atoms with Gasteiger partial charge in [0.05, 0.1) is 12.2 Å². The van der Waals surface area contributed by atoms with Crippen LogP contribution in [0.1, 0.15) is 5.69 Å². The maximum atomic E-state index is 5.26. The number of nitrogens with one attached hydrogen (secondary N) is 1. The summed E-state index contributed by atoms with van der Waals surface area (Å²) in [6.45, 7) is 0.521. The SMILES string of the molecule is Brc1ccc2nc(CNc3noc(-c4ccccc4)n3)cn2c1. The number of benzene rings is 1. The average molecular weight is 370 g/mol. The molecule has 0 fully saturated rings. The molecule has 0 aliphatic heterocycles. The van der Waals surface area contributed by atoms with E-state index in [4.69, 9.17) is 4.52 Å². The molecule has 3 aromatic heterocycles. The van der Waals surface area contributed by atoms with Gasteiger partial charge in [0.15, 0.2) is 0 Å². The van der Waals surface area contributed by atoms with Crippen molar-refractivity contribution in [1.29, 1.82) is 0 Å². The molecule has 4 rings (SSSR count). The molecule has 1 N–H and O–H groups in total. The van der Waals surface area contributed by atoms with Crippen molar-refractivity contribution in [3.8, 4) is 11.5 Å². The number of nitrogens with zero attached hydrogens (tertiary/aromatic N) is 4. The minimum absolute atomic E-state index is 0.446. The van der Waals surface area contributed by atoms with E-state index in [0.717, 1.165) is 21.4 Å². The second-order valence-corrected chi connectivity index (χ2v) is 5.90. The van der Waals surface area contributed by atoms with Gasteiger partial charge >= 0.3 is 0 Å². The molecule has 0 radical (unpaired) electrons. The van der Waals surface area contributed by atoms with Crippen molar-refractivity contribution in [3.63, 3.8) is 0 Å². The van der Waals surface area contributed by atoms with E-state index < -0.39 is 0 Å². The van der Waals surface area contributed by atoms with Gasteiger partial charge in [-0.25, -0.2) is 4.98 Å². The van der Waals surface area contributed by atoms with Gasteiger partial charge in [-0.2, -0.15) is 4.98 Å². The standard InChI is InChI=1S/C16H12BrN5O/c17-12-6-7-14-19-13(10-22(14)9-12)8-18-16-20-15(23-21-16)11-4-2-1-3-5-11/h1-7,9-10H,8H2,(H,18,21). The van der Waals surface area contributed by atoms with E-state index in [1.165, 1.54) is 0 Å². The number of pyridine rings is 1. The third-order valence-electron chi connectivity index (χ3n) is 3.34. The summed E-state index contributed by atoms with van der Waals surface area (Å²) in [6, 6.07) is 13.6. The number of halogens is 1. The summed E-state index contributed by atoms with van der Waals surface area (Å²) in [4.78, 5) is 8.86. The number of hydrogen-bond acceptors (Lipinski definition) is 5. The van der Waals surface area contributed by atoms with Crippen LogP contribution in [0.4, 0.5) is 5.95 Å². The van der Waals surface area contributed by atoms with Crippen LogP contribution in [0.3, 0.4) is 0 Å². The molecule has 0 spiro atoms. The molecule has 0 atom stereocenters. The van der Waals surface area contributed by atoms with Gasteiger partial charge in [0.1, 0.15) is 5.65 Å². The zero-order valence-corrected chi connectivity index (χ0v) is 13.6. The van der Waals surface area contributed by atoms with Gasteiger partial charge in [0.2, 0.25) is 0 Å². The van der Waals surface area contributed by atoms with Crippen molar-refractivity contribution in [2.75, 3.05) is 5.32 Å². The summed E-state index contributed by atoms with van der Waals surface area (Å²) in [5.74, 6) is 0.939. The summed E-state index contributed by atoms with van der Waals surface area (Å²) in [6.07, 6.45) is 3.93. The normalized spacial score (nSPS) is 11.0. The smallest absolute Gasteiger partial charge is 0.264 e. The van der Waals surface area contributed by atoms with Crippen LogP contribution in [0, 0.1) is 0 Å². The third-order valence-corrected chi connectivity index (χ3v) is 3.81. The van der Waals surface area contributed by atoms with Gasteiger partial charge in [0, 0.05) is 22.4 Å². The van der Waals surface area contributed by atoms with Crippen LogP contribution in [-0.4, -0.2) is 19.5 Å². The van der Waals surface area contributed by atoms with E-state index in [-0.39, 0.29) is 0 Å². The predicted molar refractivity (Wildman–Crippen MR) is 90.0 cm³/mol. The van der Waals surface area contributed by atoms with Crippen LogP contribution in [0.2, 0.25) is 0 Å². The highest BCUT2D eigenvalue weighted by atomic mass is 79.9. The Balaban J connectivity index is 1.49. The average Bonchev–Trinajstić information content (AvgIpc) is 3.20. The molecule has 6 nitrogen and oxygen atoms in total. The number of hydrogen-bond donors (Lipinski definition) is 1. The lowest BCUT2D eigenvalue weighted by Gasteiger charge is -1.95. The molecule has 0 aliphatic rings. The van der Waals surface area contributed by atoms with E-state index >= 15 is 0 Å². The Labute approximate surface area is 140 Å². The molecule has 3 heterocycles. The van der Waals surface area contributed by atoms with Crippen molar-refractivity contribution in [2.24, 2.45) is 0 Å². The number of fused-ring (bicyclic) bond motifs is 1. The van der Waals surface area contributed by atoms with Crippen molar-refractivity contribution in [3.05, 3.63) is 65.0 Å². The monoisotopic (exact) mass is 369 g/mol. The van der Waals surface area contributed by atoms with E-state index in [1.807, 2.05) is 59.3 Å². The highest BCUT2D eigenvalue weighted by Gasteiger charge is 2.09. The zero-order chi connectivity index (χ0) is 15.6. The lowest BCUT2D eigenvalue weighted by molar-refractivity contribution is 0.432. The molecule has 114 valence electrons. The largest absolute Gasteiger partial charge is 0.346 e. The quantitative estimate of drug-likeness (QED) is 0.593. The van der Waals surface area contributed by atoms with Gasteiger partial charge in [-0.05, 0) is 45.4 Å². The predicted octanol–water partition coefficient (Wildman–Crippen LogP) is 3.76. The molecule has 0 bridgehead atoms. The summed E-state index contributed by atoms with van der Waals surface area (Å²) in [7, 11) is 0. The molecule has 23 heavy (non-hydrogen) atoms. The van der Waals surface area contributed by atoms with Crippen LogP contribution in [0.25, 0.3) is 17.1 Å². The van der Waals surface area contributed by atoms with Crippen LogP contribution >= 0.6 is 15.9 Å². The van der Waals surface area contributed by atoms with Crippen molar-refractivity contribution >= 4 is 27.5 Å². The first-order chi connectivity index (χ1) is 11.3. The minimum atomic E-state index is 0.446. The first-order valence-corrected chi connectivity index (χ1v) is 7.83. The summed E-state index contributed by atoms with van der Waals surface area (Å²) in [5, 5.41) is 7.06. The minimum Gasteiger partial charge on any atom is -0.346 e. The van der Waals surface area contributed by atoms with E-state index in [9.17, 15) is 0 Å². The van der Waals surface area contributed by atoms with Crippen LogP contribution < -0.4 is 5.32 Å². The Hall–Kier alpha value is -2.67. The Morgan fingerprint density at radius 2 is 1.91 bits per heavy atom. The number of rotatable bonds is 4. The molecule has 7 heteroatoms. The van der Waals surface area contributed by atoms with Gasteiger partial charge < -0.3 is 14.2 Å². The Bertz CT molecular complexity index is 947. The summed E-state index contributed by atoms with van der Waals surface area (Å²) in [5.41, 5.74) is 2.68. The third kappa shape index (κ3) is 2.95. The molecular formula is C16H12BrN5O. The second kappa shape index (κ2) is 5.85. The maximum Gasteiger partial charge on any atom is 0.264 e. The fraction of sp³-hybridized carbons (Fsp3) is 0.0625. The van der Waals surface area contributed by atoms with Crippen molar-refractivity contribution in [2.45, 2.75) is 6.54 Å². The fourth-order valence-corrected chi connectivity index (χ4v) is 2.62. The first-order valence-electron chi connectivity index (χ1n) is 7.04. The maximum absolute atomic E-state index is 5.26. The lowest BCUT2D eigenvalue weighted by atomic mass is 10.2. The Morgan fingerprint density at radius 1 is 1.04 bits per heavy atom. The molecular weight excluding hydrogens is 358 g/mol.